The van der Waals surface area contributed by atoms with Gasteiger partial charge in [-0.3, -0.25) is 14.6 Å². The van der Waals surface area contributed by atoms with Gasteiger partial charge in [0, 0.05) is 37.9 Å². The Balaban J connectivity index is 1.35. The molecule has 5 nitrogen and oxygen atoms in total. The number of likely N-dealkylation sites (tertiary alicyclic amines) is 2. The quantitative estimate of drug-likeness (QED) is 0.797. The molecule has 4 rings (SSSR count). The van der Waals surface area contributed by atoms with Gasteiger partial charge in [-0.05, 0) is 62.1 Å². The minimum Gasteiger partial charge on any atom is -0.339 e. The highest BCUT2D eigenvalue weighted by Gasteiger charge is 2.25. The summed E-state index contributed by atoms with van der Waals surface area (Å²) in [7, 11) is 0. The van der Waals surface area contributed by atoms with Gasteiger partial charge in [0.1, 0.15) is 5.69 Å². The number of aromatic nitrogens is 1. The van der Waals surface area contributed by atoms with Crippen LogP contribution in [-0.4, -0.2) is 52.8 Å². The maximum atomic E-state index is 13.0. The number of hydrogen-bond donors (Lipinski definition) is 0. The molecule has 29 heavy (non-hydrogen) atoms. The van der Waals surface area contributed by atoms with Crippen LogP contribution >= 0.6 is 0 Å². The molecule has 0 aliphatic carbocycles. The van der Waals surface area contributed by atoms with E-state index in [1.54, 1.807) is 18.3 Å². The molecule has 3 heterocycles. The van der Waals surface area contributed by atoms with E-state index in [0.717, 1.165) is 58.3 Å². The Hall–Kier alpha value is -2.69. The third kappa shape index (κ3) is 4.84. The molecular weight excluding hydrogens is 362 g/mol. The van der Waals surface area contributed by atoms with Crippen molar-refractivity contribution >= 4 is 11.8 Å². The van der Waals surface area contributed by atoms with Gasteiger partial charge in [0.05, 0.1) is 0 Å². The van der Waals surface area contributed by atoms with Gasteiger partial charge in [-0.1, -0.05) is 30.3 Å². The Morgan fingerprint density at radius 2 is 1.55 bits per heavy atom. The molecule has 152 valence electrons. The van der Waals surface area contributed by atoms with Gasteiger partial charge in [-0.25, -0.2) is 0 Å². The molecule has 2 fully saturated rings. The summed E-state index contributed by atoms with van der Waals surface area (Å²) in [6, 6.07) is 14.0. The summed E-state index contributed by atoms with van der Waals surface area (Å²) in [5, 5.41) is 0. The van der Waals surface area contributed by atoms with Crippen molar-refractivity contribution < 1.29 is 9.59 Å². The summed E-state index contributed by atoms with van der Waals surface area (Å²) in [6.45, 7) is 3.11. The number of benzene rings is 1. The lowest BCUT2D eigenvalue weighted by atomic mass is 9.90. The normalized spacial score (nSPS) is 17.9. The van der Waals surface area contributed by atoms with Gasteiger partial charge < -0.3 is 9.80 Å². The molecule has 2 amide bonds. The van der Waals surface area contributed by atoms with E-state index >= 15 is 0 Å². The molecule has 2 aliphatic rings. The van der Waals surface area contributed by atoms with E-state index in [9.17, 15) is 9.59 Å². The zero-order valence-electron chi connectivity index (χ0n) is 16.9. The van der Waals surface area contributed by atoms with E-state index in [-0.39, 0.29) is 11.8 Å². The molecule has 0 unspecified atom stereocenters. The molecule has 0 bridgehead atoms. The number of carbonyl (C=O) groups is 2. The Kier molecular flexibility index (Phi) is 6.23. The summed E-state index contributed by atoms with van der Waals surface area (Å²) < 4.78 is 0. The summed E-state index contributed by atoms with van der Waals surface area (Å²) in [5.41, 5.74) is 2.32. The summed E-state index contributed by atoms with van der Waals surface area (Å²) in [5.74, 6) is 0.578. The van der Waals surface area contributed by atoms with Crippen LogP contribution in [0.5, 0.6) is 0 Å². The van der Waals surface area contributed by atoms with Crippen LogP contribution < -0.4 is 0 Å². The van der Waals surface area contributed by atoms with Crippen molar-refractivity contribution in [1.29, 1.82) is 0 Å². The second kappa shape index (κ2) is 9.21. The number of carbonyl (C=O) groups excluding carboxylic acids is 2. The van der Waals surface area contributed by atoms with Crippen LogP contribution in [0.2, 0.25) is 0 Å². The van der Waals surface area contributed by atoms with Gasteiger partial charge in [-0.15, -0.1) is 0 Å². The van der Waals surface area contributed by atoms with E-state index in [1.165, 1.54) is 12.0 Å². The van der Waals surface area contributed by atoms with Crippen LogP contribution in [0.25, 0.3) is 0 Å². The third-order valence-electron chi connectivity index (χ3n) is 6.14. The lowest BCUT2D eigenvalue weighted by Gasteiger charge is -2.32. The number of amides is 2. The summed E-state index contributed by atoms with van der Waals surface area (Å²) in [6.07, 6.45) is 7.97. The molecule has 0 atom stereocenters. The van der Waals surface area contributed by atoms with Gasteiger partial charge in [0.25, 0.3) is 11.8 Å². The predicted molar refractivity (Wildman–Crippen MR) is 113 cm³/mol. The third-order valence-corrected chi connectivity index (χ3v) is 6.14. The van der Waals surface area contributed by atoms with Crippen molar-refractivity contribution in [1.82, 2.24) is 14.8 Å². The molecule has 1 aromatic heterocycles. The molecule has 2 aromatic rings. The van der Waals surface area contributed by atoms with Gasteiger partial charge in [0.15, 0.2) is 0 Å². The van der Waals surface area contributed by atoms with Gasteiger partial charge >= 0.3 is 0 Å². The van der Waals surface area contributed by atoms with Crippen molar-refractivity contribution in [3.63, 3.8) is 0 Å². The van der Waals surface area contributed by atoms with E-state index in [2.05, 4.69) is 29.2 Å². The van der Waals surface area contributed by atoms with E-state index in [0.29, 0.717) is 17.2 Å². The molecule has 0 radical (unpaired) electrons. The second-order valence-electron chi connectivity index (χ2n) is 8.21. The van der Waals surface area contributed by atoms with Gasteiger partial charge in [0.2, 0.25) is 0 Å². The minimum atomic E-state index is -0.0547. The van der Waals surface area contributed by atoms with Crippen molar-refractivity contribution in [2.24, 2.45) is 5.92 Å². The van der Waals surface area contributed by atoms with E-state index < -0.39 is 0 Å². The number of piperidine rings is 2. The van der Waals surface area contributed by atoms with Crippen LogP contribution in [0.4, 0.5) is 0 Å². The monoisotopic (exact) mass is 391 g/mol. The highest BCUT2D eigenvalue weighted by atomic mass is 16.2. The van der Waals surface area contributed by atoms with Crippen LogP contribution in [0.3, 0.4) is 0 Å². The molecule has 5 heteroatoms. The Morgan fingerprint density at radius 3 is 2.28 bits per heavy atom. The van der Waals surface area contributed by atoms with Crippen LogP contribution in [0.1, 0.15) is 58.5 Å². The Bertz CT molecular complexity index is 838. The fourth-order valence-electron chi connectivity index (χ4n) is 4.41. The van der Waals surface area contributed by atoms with Crippen molar-refractivity contribution in [2.45, 2.75) is 38.5 Å². The Morgan fingerprint density at radius 1 is 0.862 bits per heavy atom. The fraction of sp³-hybridized carbons (Fsp3) is 0.458. The molecule has 2 aliphatic heterocycles. The summed E-state index contributed by atoms with van der Waals surface area (Å²) in [4.78, 5) is 33.7. The average molecular weight is 392 g/mol. The highest BCUT2D eigenvalue weighted by Crippen LogP contribution is 2.23. The molecule has 1 aromatic carbocycles. The number of hydrogen-bond acceptors (Lipinski definition) is 3. The number of rotatable bonds is 4. The number of nitrogens with zero attached hydrogens (tertiary/aromatic N) is 3. The Labute approximate surface area is 172 Å². The second-order valence-corrected chi connectivity index (χ2v) is 8.21. The predicted octanol–water partition coefficient (Wildman–Crippen LogP) is 3.80. The van der Waals surface area contributed by atoms with E-state index in [1.807, 2.05) is 15.9 Å². The van der Waals surface area contributed by atoms with Crippen molar-refractivity contribution in [3.05, 3.63) is 65.5 Å². The molecular formula is C24H29N3O2. The molecule has 2 saturated heterocycles. The first-order valence-corrected chi connectivity index (χ1v) is 10.8. The van der Waals surface area contributed by atoms with Crippen molar-refractivity contribution in [3.8, 4) is 0 Å². The summed E-state index contributed by atoms with van der Waals surface area (Å²) >= 11 is 0. The smallest absolute Gasteiger partial charge is 0.272 e. The maximum absolute atomic E-state index is 13.0. The minimum absolute atomic E-state index is 0.0123. The average Bonchev–Trinajstić information content (AvgIpc) is 2.80. The zero-order valence-corrected chi connectivity index (χ0v) is 16.9. The molecule has 0 N–H and O–H groups in total. The van der Waals surface area contributed by atoms with Crippen LogP contribution in [-0.2, 0) is 6.42 Å². The first-order chi connectivity index (χ1) is 14.2. The largest absolute Gasteiger partial charge is 0.339 e. The highest BCUT2D eigenvalue weighted by molar-refractivity contribution is 5.98. The van der Waals surface area contributed by atoms with Crippen molar-refractivity contribution in [2.75, 3.05) is 26.2 Å². The molecule has 0 spiro atoms. The van der Waals surface area contributed by atoms with Gasteiger partial charge in [-0.2, -0.15) is 0 Å². The molecule has 0 saturated carbocycles. The van der Waals surface area contributed by atoms with Crippen LogP contribution in [0, 0.1) is 5.92 Å². The van der Waals surface area contributed by atoms with E-state index in [4.69, 9.17) is 0 Å². The SMILES string of the molecule is O=C(c1ccnc(C(=O)N2CCCCC2)c1)N1CCC(Cc2ccccc2)CC1. The first-order valence-electron chi connectivity index (χ1n) is 10.8. The standard InChI is InChI=1S/C24H29N3O2/c28-23(27-15-10-20(11-16-27)17-19-7-3-1-4-8-19)21-9-12-25-22(18-21)24(29)26-13-5-2-6-14-26/h1,3-4,7-9,12,18,20H,2,5-6,10-11,13-17H2. The topological polar surface area (TPSA) is 53.5 Å². The lowest BCUT2D eigenvalue weighted by molar-refractivity contribution is 0.0690. The lowest BCUT2D eigenvalue weighted by Crippen LogP contribution is -2.39. The maximum Gasteiger partial charge on any atom is 0.272 e. The zero-order chi connectivity index (χ0) is 20.1. The first kappa shape index (κ1) is 19.6. The number of pyridine rings is 1. The fourth-order valence-corrected chi connectivity index (χ4v) is 4.41. The van der Waals surface area contributed by atoms with Crippen LogP contribution in [0.15, 0.2) is 48.7 Å².